The number of esters is 1. The fourth-order valence-electron chi connectivity index (χ4n) is 4.62. The molecule has 3 aromatic carbocycles. The summed E-state index contributed by atoms with van der Waals surface area (Å²) in [4.78, 5) is 32.1. The molecule has 0 N–H and O–H groups in total. The van der Waals surface area contributed by atoms with Crippen LogP contribution in [0.2, 0.25) is 10.0 Å². The van der Waals surface area contributed by atoms with Crippen LogP contribution in [0.4, 0.5) is 0 Å². The predicted octanol–water partition coefficient (Wildman–Crippen LogP) is 5.69. The lowest BCUT2D eigenvalue weighted by Gasteiger charge is -2.25. The first-order chi connectivity index (χ1) is 19.8. The Morgan fingerprint density at radius 1 is 1.10 bits per heavy atom. The predicted molar refractivity (Wildman–Crippen MR) is 161 cm³/mol. The van der Waals surface area contributed by atoms with E-state index in [0.717, 1.165) is 11.1 Å². The van der Waals surface area contributed by atoms with Crippen molar-refractivity contribution in [3.8, 4) is 11.5 Å². The lowest BCUT2D eigenvalue weighted by molar-refractivity contribution is -0.139. The lowest BCUT2D eigenvalue weighted by Crippen LogP contribution is -2.40. The zero-order valence-electron chi connectivity index (χ0n) is 22.5. The monoisotopic (exact) mass is 608 g/mol. The normalized spacial score (nSPS) is 14.9. The molecule has 7 nitrogen and oxygen atoms in total. The molecule has 0 amide bonds. The molecule has 0 spiro atoms. The Kier molecular flexibility index (Phi) is 8.63. The fraction of sp³-hybridized carbons (Fsp3) is 0.194. The van der Waals surface area contributed by atoms with E-state index in [0.29, 0.717) is 47.7 Å². The molecule has 0 radical (unpaired) electrons. The number of rotatable bonds is 8. The van der Waals surface area contributed by atoms with Crippen LogP contribution in [0.1, 0.15) is 36.6 Å². The van der Waals surface area contributed by atoms with E-state index in [1.807, 2.05) is 48.5 Å². The second-order valence-electron chi connectivity index (χ2n) is 9.14. The van der Waals surface area contributed by atoms with E-state index in [2.05, 4.69) is 4.99 Å². The maximum atomic E-state index is 13.9. The zero-order valence-corrected chi connectivity index (χ0v) is 24.8. The van der Waals surface area contributed by atoms with Crippen LogP contribution in [0.15, 0.2) is 87.8 Å². The minimum absolute atomic E-state index is 0.196. The van der Waals surface area contributed by atoms with E-state index >= 15 is 0 Å². The molecule has 5 rings (SSSR count). The minimum Gasteiger partial charge on any atom is -0.496 e. The highest BCUT2D eigenvalue weighted by molar-refractivity contribution is 7.07. The highest BCUT2D eigenvalue weighted by Gasteiger charge is 2.34. The van der Waals surface area contributed by atoms with Crippen LogP contribution in [0.3, 0.4) is 0 Å². The van der Waals surface area contributed by atoms with Crippen LogP contribution >= 0.6 is 34.5 Å². The van der Waals surface area contributed by atoms with Gasteiger partial charge < -0.3 is 14.2 Å². The number of benzene rings is 3. The van der Waals surface area contributed by atoms with Gasteiger partial charge in [-0.15, -0.1) is 0 Å². The van der Waals surface area contributed by atoms with Crippen molar-refractivity contribution in [2.24, 2.45) is 4.99 Å². The summed E-state index contributed by atoms with van der Waals surface area (Å²) in [5.74, 6) is 0.642. The average Bonchev–Trinajstić information content (AvgIpc) is 3.26. The van der Waals surface area contributed by atoms with Gasteiger partial charge in [0, 0.05) is 21.2 Å². The molecule has 0 unspecified atom stereocenters. The van der Waals surface area contributed by atoms with Crippen molar-refractivity contribution in [3.63, 3.8) is 0 Å². The average molecular weight is 610 g/mol. The Morgan fingerprint density at radius 3 is 2.66 bits per heavy atom. The number of hydrogen-bond donors (Lipinski definition) is 0. The van der Waals surface area contributed by atoms with Crippen molar-refractivity contribution < 1.29 is 19.0 Å². The summed E-state index contributed by atoms with van der Waals surface area (Å²) in [6.45, 7) is 3.94. The Morgan fingerprint density at radius 2 is 1.90 bits per heavy atom. The molecule has 0 saturated heterocycles. The lowest BCUT2D eigenvalue weighted by atomic mass is 9.95. The van der Waals surface area contributed by atoms with E-state index in [-0.39, 0.29) is 18.8 Å². The number of carbonyl (C=O) groups is 1. The number of methoxy groups -OCH3 is 1. The number of thiazole rings is 1. The van der Waals surface area contributed by atoms with Gasteiger partial charge in [0.15, 0.2) is 4.80 Å². The standard InChI is InChI=1S/C31H26Cl2N2O5S/c1-4-39-30(37)27-18(2)34-31-35(28(27)23-10-5-6-11-25(23)38-3)29(36)26(41-31)15-19-8-7-9-22(14-19)40-17-20-12-13-21(32)16-24(20)33/h5-16,28H,4,17H2,1-3H3/b26-15+/t28-/m1/s1. The van der Waals surface area contributed by atoms with Crippen LogP contribution in [0, 0.1) is 0 Å². The molecule has 0 fully saturated rings. The summed E-state index contributed by atoms with van der Waals surface area (Å²) < 4.78 is 18.9. The van der Waals surface area contributed by atoms with E-state index in [4.69, 9.17) is 37.4 Å². The van der Waals surface area contributed by atoms with Gasteiger partial charge in [-0.25, -0.2) is 9.79 Å². The van der Waals surface area contributed by atoms with Crippen LogP contribution in [-0.4, -0.2) is 24.3 Å². The molecular formula is C31H26Cl2N2O5S. The number of fused-ring (bicyclic) bond motifs is 1. The van der Waals surface area contributed by atoms with Crippen molar-refractivity contribution in [3.05, 3.63) is 124 Å². The molecule has 1 aliphatic rings. The molecule has 1 atom stereocenters. The highest BCUT2D eigenvalue weighted by Crippen LogP contribution is 2.35. The second kappa shape index (κ2) is 12.3. The third-order valence-corrected chi connectivity index (χ3v) is 8.09. The Labute approximate surface area is 250 Å². The van der Waals surface area contributed by atoms with Gasteiger partial charge >= 0.3 is 5.97 Å². The molecule has 10 heteroatoms. The van der Waals surface area contributed by atoms with Crippen molar-refractivity contribution in [1.29, 1.82) is 0 Å². The summed E-state index contributed by atoms with van der Waals surface area (Å²) >= 11 is 13.5. The number of para-hydroxylation sites is 1. The molecular weight excluding hydrogens is 583 g/mol. The number of halogens is 2. The first kappa shape index (κ1) is 28.7. The highest BCUT2D eigenvalue weighted by atomic mass is 35.5. The number of allylic oxidation sites excluding steroid dienone is 1. The molecule has 0 aliphatic carbocycles. The van der Waals surface area contributed by atoms with Gasteiger partial charge in [0.1, 0.15) is 24.1 Å². The van der Waals surface area contributed by atoms with Gasteiger partial charge in [-0.1, -0.05) is 70.9 Å². The molecule has 210 valence electrons. The number of carbonyl (C=O) groups excluding carboxylic acids is 1. The Bertz CT molecular complexity index is 1840. The van der Waals surface area contributed by atoms with Crippen LogP contribution in [0.5, 0.6) is 11.5 Å². The second-order valence-corrected chi connectivity index (χ2v) is 11.0. The Balaban J connectivity index is 1.56. The van der Waals surface area contributed by atoms with Crippen molar-refractivity contribution >= 4 is 46.6 Å². The Hall–Kier alpha value is -3.85. The van der Waals surface area contributed by atoms with Crippen LogP contribution in [-0.2, 0) is 16.1 Å². The van der Waals surface area contributed by atoms with Gasteiger partial charge in [-0.3, -0.25) is 9.36 Å². The maximum absolute atomic E-state index is 13.9. The van der Waals surface area contributed by atoms with E-state index in [9.17, 15) is 9.59 Å². The van der Waals surface area contributed by atoms with Crippen molar-refractivity contribution in [1.82, 2.24) is 4.57 Å². The van der Waals surface area contributed by atoms with Gasteiger partial charge in [-0.05, 0) is 55.8 Å². The number of ether oxygens (including phenoxy) is 3. The summed E-state index contributed by atoms with van der Waals surface area (Å²) in [6.07, 6.45) is 1.79. The minimum atomic E-state index is -0.762. The molecule has 0 saturated carbocycles. The number of nitrogens with zero attached hydrogens (tertiary/aromatic N) is 2. The SMILES string of the molecule is CCOC(=O)C1=C(C)N=c2s/c(=C/c3cccc(OCc4ccc(Cl)cc4Cl)c3)c(=O)n2[C@@H]1c1ccccc1OC. The van der Waals surface area contributed by atoms with Crippen LogP contribution in [0.25, 0.3) is 6.08 Å². The zero-order chi connectivity index (χ0) is 29.1. The van der Waals surface area contributed by atoms with Crippen LogP contribution < -0.4 is 24.4 Å². The summed E-state index contributed by atoms with van der Waals surface area (Å²) in [6, 6.07) is 19.2. The molecule has 1 aromatic heterocycles. The van der Waals surface area contributed by atoms with E-state index < -0.39 is 12.0 Å². The first-order valence-electron chi connectivity index (χ1n) is 12.8. The molecule has 1 aliphatic heterocycles. The summed E-state index contributed by atoms with van der Waals surface area (Å²) in [7, 11) is 1.55. The van der Waals surface area contributed by atoms with Gasteiger partial charge in [-0.2, -0.15) is 0 Å². The first-order valence-corrected chi connectivity index (χ1v) is 14.4. The smallest absolute Gasteiger partial charge is 0.338 e. The topological polar surface area (TPSA) is 79.1 Å². The molecule has 2 heterocycles. The van der Waals surface area contributed by atoms with Gasteiger partial charge in [0.05, 0.1) is 29.5 Å². The fourth-order valence-corrected chi connectivity index (χ4v) is 6.13. The summed E-state index contributed by atoms with van der Waals surface area (Å²) in [5, 5.41) is 1.08. The van der Waals surface area contributed by atoms with E-state index in [1.165, 1.54) is 15.9 Å². The van der Waals surface area contributed by atoms with Gasteiger partial charge in [0.25, 0.3) is 5.56 Å². The molecule has 0 bridgehead atoms. The maximum Gasteiger partial charge on any atom is 0.338 e. The van der Waals surface area contributed by atoms with Crippen molar-refractivity contribution in [2.45, 2.75) is 26.5 Å². The van der Waals surface area contributed by atoms with Crippen molar-refractivity contribution in [2.75, 3.05) is 13.7 Å². The van der Waals surface area contributed by atoms with Gasteiger partial charge in [0.2, 0.25) is 0 Å². The molecule has 41 heavy (non-hydrogen) atoms. The third kappa shape index (κ3) is 5.95. The molecule has 4 aromatic rings. The number of aromatic nitrogens is 1. The quantitative estimate of drug-likeness (QED) is 0.240. The third-order valence-electron chi connectivity index (χ3n) is 6.52. The summed E-state index contributed by atoms with van der Waals surface area (Å²) in [5.41, 5.74) is 2.74. The number of hydrogen-bond acceptors (Lipinski definition) is 7. The van der Waals surface area contributed by atoms with E-state index in [1.54, 1.807) is 45.2 Å². The largest absolute Gasteiger partial charge is 0.496 e.